The predicted molar refractivity (Wildman–Crippen MR) is 93.3 cm³/mol. The zero-order chi connectivity index (χ0) is 17.2. The van der Waals surface area contributed by atoms with Gasteiger partial charge in [-0.2, -0.15) is 4.31 Å². The van der Waals surface area contributed by atoms with Crippen molar-refractivity contribution in [3.63, 3.8) is 0 Å². The van der Waals surface area contributed by atoms with Crippen LogP contribution in [0.4, 0.5) is 5.69 Å². The lowest BCUT2D eigenvalue weighted by atomic mass is 10.3. The summed E-state index contributed by atoms with van der Waals surface area (Å²) in [4.78, 5) is 12.8. The summed E-state index contributed by atoms with van der Waals surface area (Å²) >= 11 is 1.13. The minimum absolute atomic E-state index is 0.0837. The summed E-state index contributed by atoms with van der Waals surface area (Å²) in [5.41, 5.74) is 0.582. The first-order valence-electron chi connectivity index (χ1n) is 7.55. The number of rotatable bonds is 5. The fraction of sp³-hybridized carbons (Fsp3) is 0.312. The molecule has 0 saturated carbocycles. The minimum atomic E-state index is -3.61. The molecule has 1 aromatic heterocycles. The van der Waals surface area contributed by atoms with E-state index in [0.29, 0.717) is 24.5 Å². The molecule has 1 aromatic carbocycles. The van der Waals surface area contributed by atoms with Gasteiger partial charge >= 0.3 is 0 Å². The SMILES string of the molecule is COc1ccc(NC(=O)c2sccc2S(=O)(=O)N2CCCC2)cc1. The lowest BCUT2D eigenvalue weighted by molar-refractivity contribution is 0.102. The monoisotopic (exact) mass is 366 g/mol. The highest BCUT2D eigenvalue weighted by atomic mass is 32.2. The van der Waals surface area contributed by atoms with Crippen molar-refractivity contribution in [2.75, 3.05) is 25.5 Å². The zero-order valence-corrected chi connectivity index (χ0v) is 14.8. The molecule has 0 aliphatic carbocycles. The molecule has 0 atom stereocenters. The summed E-state index contributed by atoms with van der Waals surface area (Å²) in [6.07, 6.45) is 1.72. The summed E-state index contributed by atoms with van der Waals surface area (Å²) in [7, 11) is -2.05. The molecular formula is C16H18N2O4S2. The highest BCUT2D eigenvalue weighted by molar-refractivity contribution is 7.89. The van der Waals surface area contributed by atoms with Gasteiger partial charge in [-0.1, -0.05) is 0 Å². The third kappa shape index (κ3) is 3.31. The van der Waals surface area contributed by atoms with E-state index in [1.807, 2.05) is 0 Å². The van der Waals surface area contributed by atoms with Gasteiger partial charge in [-0.3, -0.25) is 4.79 Å². The van der Waals surface area contributed by atoms with Crippen molar-refractivity contribution in [3.05, 3.63) is 40.6 Å². The molecule has 1 amide bonds. The van der Waals surface area contributed by atoms with E-state index in [9.17, 15) is 13.2 Å². The molecule has 0 spiro atoms. The lowest BCUT2D eigenvalue weighted by Crippen LogP contribution is -2.29. The topological polar surface area (TPSA) is 75.7 Å². The van der Waals surface area contributed by atoms with Crippen LogP contribution in [0.15, 0.2) is 40.6 Å². The number of methoxy groups -OCH3 is 1. The molecule has 1 N–H and O–H groups in total. The van der Waals surface area contributed by atoms with Crippen LogP contribution in [0.2, 0.25) is 0 Å². The summed E-state index contributed by atoms with van der Waals surface area (Å²) in [6, 6.07) is 8.37. The zero-order valence-electron chi connectivity index (χ0n) is 13.2. The van der Waals surface area contributed by atoms with Crippen LogP contribution in [-0.4, -0.2) is 38.8 Å². The average molecular weight is 366 g/mol. The van der Waals surface area contributed by atoms with Crippen LogP contribution < -0.4 is 10.1 Å². The van der Waals surface area contributed by atoms with Gasteiger partial charge in [0.25, 0.3) is 5.91 Å². The molecule has 128 valence electrons. The Morgan fingerprint density at radius 3 is 2.46 bits per heavy atom. The molecule has 24 heavy (non-hydrogen) atoms. The molecule has 2 aromatic rings. The molecule has 0 bridgehead atoms. The quantitative estimate of drug-likeness (QED) is 0.883. The smallest absolute Gasteiger partial charge is 0.267 e. The number of sulfonamides is 1. The first kappa shape index (κ1) is 16.9. The molecule has 1 aliphatic rings. The first-order valence-corrected chi connectivity index (χ1v) is 9.87. The molecule has 1 aliphatic heterocycles. The fourth-order valence-electron chi connectivity index (χ4n) is 2.60. The average Bonchev–Trinajstić information content (AvgIpc) is 3.27. The van der Waals surface area contributed by atoms with Crippen LogP contribution >= 0.6 is 11.3 Å². The Labute approximate surface area is 145 Å². The van der Waals surface area contributed by atoms with Gasteiger partial charge in [0.2, 0.25) is 10.0 Å². The number of hydrogen-bond acceptors (Lipinski definition) is 5. The van der Waals surface area contributed by atoms with Crippen molar-refractivity contribution in [3.8, 4) is 5.75 Å². The number of nitrogens with one attached hydrogen (secondary N) is 1. The largest absolute Gasteiger partial charge is 0.497 e. The van der Waals surface area contributed by atoms with Crippen LogP contribution in [0.25, 0.3) is 0 Å². The Morgan fingerprint density at radius 2 is 1.83 bits per heavy atom. The Bertz CT molecular complexity index is 822. The van der Waals surface area contributed by atoms with Crippen LogP contribution in [0.1, 0.15) is 22.5 Å². The van der Waals surface area contributed by atoms with E-state index >= 15 is 0 Å². The molecule has 8 heteroatoms. The first-order chi connectivity index (χ1) is 11.5. The second-order valence-electron chi connectivity index (χ2n) is 5.41. The summed E-state index contributed by atoms with van der Waals surface area (Å²) in [6.45, 7) is 1.02. The van der Waals surface area contributed by atoms with E-state index in [4.69, 9.17) is 4.74 Å². The highest BCUT2D eigenvalue weighted by Crippen LogP contribution is 2.28. The van der Waals surface area contributed by atoms with E-state index in [-0.39, 0.29) is 9.77 Å². The molecule has 6 nitrogen and oxygen atoms in total. The molecular weight excluding hydrogens is 348 g/mol. The minimum Gasteiger partial charge on any atom is -0.497 e. The van der Waals surface area contributed by atoms with Crippen molar-refractivity contribution < 1.29 is 17.9 Å². The number of anilines is 1. The maximum atomic E-state index is 12.7. The second-order valence-corrected chi connectivity index (χ2v) is 8.23. The number of ether oxygens (including phenoxy) is 1. The number of nitrogens with zero attached hydrogens (tertiary/aromatic N) is 1. The van der Waals surface area contributed by atoms with Crippen molar-refractivity contribution in [1.82, 2.24) is 4.31 Å². The van der Waals surface area contributed by atoms with E-state index in [1.54, 1.807) is 36.8 Å². The maximum Gasteiger partial charge on any atom is 0.267 e. The molecule has 2 heterocycles. The summed E-state index contributed by atoms with van der Waals surface area (Å²) in [5, 5.41) is 4.36. The Hall–Kier alpha value is -1.90. The maximum absolute atomic E-state index is 12.7. The number of amides is 1. The Morgan fingerprint density at radius 1 is 1.17 bits per heavy atom. The van der Waals surface area contributed by atoms with Gasteiger partial charge in [-0.15, -0.1) is 11.3 Å². The third-order valence-electron chi connectivity index (χ3n) is 3.87. The normalized spacial score (nSPS) is 15.4. The van der Waals surface area contributed by atoms with Crippen LogP contribution in [-0.2, 0) is 10.0 Å². The summed E-state index contributed by atoms with van der Waals surface area (Å²) < 4.78 is 31.9. The van der Waals surface area contributed by atoms with Gasteiger partial charge < -0.3 is 10.1 Å². The van der Waals surface area contributed by atoms with Crippen LogP contribution in [0, 0.1) is 0 Å². The van der Waals surface area contributed by atoms with E-state index in [2.05, 4.69) is 5.32 Å². The number of carbonyl (C=O) groups is 1. The van der Waals surface area contributed by atoms with Gasteiger partial charge in [0, 0.05) is 18.8 Å². The Kier molecular flexibility index (Phi) is 4.88. The van der Waals surface area contributed by atoms with E-state index < -0.39 is 15.9 Å². The fourth-order valence-corrected chi connectivity index (χ4v) is 5.41. The van der Waals surface area contributed by atoms with E-state index in [1.165, 1.54) is 10.4 Å². The lowest BCUT2D eigenvalue weighted by Gasteiger charge is -2.15. The standard InChI is InChI=1S/C16H18N2O4S2/c1-22-13-6-4-12(5-7-13)17-16(19)15-14(8-11-23-15)24(20,21)18-9-2-3-10-18/h4-8,11H,2-3,9-10H2,1H3,(H,17,19). The second kappa shape index (κ2) is 6.92. The van der Waals surface area contributed by atoms with Gasteiger partial charge in [0.15, 0.2) is 0 Å². The number of benzene rings is 1. The van der Waals surface area contributed by atoms with Crippen molar-refractivity contribution in [2.24, 2.45) is 0 Å². The number of thiophene rings is 1. The van der Waals surface area contributed by atoms with Crippen LogP contribution in [0.5, 0.6) is 5.75 Å². The summed E-state index contributed by atoms with van der Waals surface area (Å²) in [5.74, 6) is 0.259. The van der Waals surface area contributed by atoms with Gasteiger partial charge in [0.1, 0.15) is 15.5 Å². The van der Waals surface area contributed by atoms with Gasteiger partial charge in [-0.05, 0) is 48.6 Å². The molecule has 1 saturated heterocycles. The highest BCUT2D eigenvalue weighted by Gasteiger charge is 2.31. The van der Waals surface area contributed by atoms with E-state index in [0.717, 1.165) is 24.2 Å². The number of hydrogen-bond donors (Lipinski definition) is 1. The van der Waals surface area contributed by atoms with Crippen molar-refractivity contribution in [1.29, 1.82) is 0 Å². The molecule has 3 rings (SSSR count). The molecule has 1 fully saturated rings. The van der Waals surface area contributed by atoms with Gasteiger partial charge in [0.05, 0.1) is 7.11 Å². The molecule has 0 unspecified atom stereocenters. The number of carbonyl (C=O) groups excluding carboxylic acids is 1. The molecule has 0 radical (unpaired) electrons. The third-order valence-corrected chi connectivity index (χ3v) is 6.85. The Balaban J connectivity index is 1.82. The predicted octanol–water partition coefficient (Wildman–Crippen LogP) is 2.79. The van der Waals surface area contributed by atoms with Crippen LogP contribution in [0.3, 0.4) is 0 Å². The van der Waals surface area contributed by atoms with Gasteiger partial charge in [-0.25, -0.2) is 8.42 Å². The van der Waals surface area contributed by atoms with Crippen molar-refractivity contribution >= 4 is 33.0 Å². The van der Waals surface area contributed by atoms with Crippen molar-refractivity contribution in [2.45, 2.75) is 17.7 Å².